The van der Waals surface area contributed by atoms with E-state index >= 15 is 0 Å². The molecule has 0 saturated carbocycles. The van der Waals surface area contributed by atoms with Crippen LogP contribution in [-0.2, 0) is 12.8 Å². The SMILES string of the molecule is CC(C)c1ccc(C=Nn2cnc3sc4c(c3c2=O)CCCC4)cc1. The van der Waals surface area contributed by atoms with Gasteiger partial charge in [0.2, 0.25) is 0 Å². The van der Waals surface area contributed by atoms with Crippen molar-refractivity contribution in [3.8, 4) is 0 Å². The summed E-state index contributed by atoms with van der Waals surface area (Å²) in [7, 11) is 0. The first-order valence-electron chi connectivity index (χ1n) is 8.79. The molecule has 1 aliphatic carbocycles. The standard InChI is InChI=1S/C20H21N3OS/c1-13(2)15-9-7-14(8-10-15)11-22-23-12-21-19-18(20(23)24)16-5-3-4-6-17(16)25-19/h7-13H,3-6H2,1-2H3. The highest BCUT2D eigenvalue weighted by molar-refractivity contribution is 7.18. The summed E-state index contributed by atoms with van der Waals surface area (Å²) in [4.78, 5) is 19.5. The number of hydrogen-bond acceptors (Lipinski definition) is 4. The summed E-state index contributed by atoms with van der Waals surface area (Å²) in [5.74, 6) is 0.505. The molecule has 1 aliphatic rings. The van der Waals surface area contributed by atoms with E-state index in [9.17, 15) is 4.79 Å². The van der Waals surface area contributed by atoms with Gasteiger partial charge in [0.15, 0.2) is 0 Å². The number of fused-ring (bicyclic) bond motifs is 3. The zero-order chi connectivity index (χ0) is 17.4. The van der Waals surface area contributed by atoms with E-state index in [1.54, 1.807) is 17.6 Å². The second-order valence-electron chi connectivity index (χ2n) is 6.85. The minimum atomic E-state index is -0.0561. The molecule has 25 heavy (non-hydrogen) atoms. The minimum absolute atomic E-state index is 0.0561. The van der Waals surface area contributed by atoms with E-state index < -0.39 is 0 Å². The Hall–Kier alpha value is -2.27. The number of benzene rings is 1. The van der Waals surface area contributed by atoms with Crippen molar-refractivity contribution in [1.82, 2.24) is 9.66 Å². The van der Waals surface area contributed by atoms with E-state index in [0.29, 0.717) is 5.92 Å². The van der Waals surface area contributed by atoms with Gasteiger partial charge >= 0.3 is 0 Å². The zero-order valence-corrected chi connectivity index (χ0v) is 15.3. The molecule has 4 nitrogen and oxygen atoms in total. The van der Waals surface area contributed by atoms with E-state index in [4.69, 9.17) is 0 Å². The van der Waals surface area contributed by atoms with Gasteiger partial charge in [-0.1, -0.05) is 38.1 Å². The topological polar surface area (TPSA) is 47.2 Å². The van der Waals surface area contributed by atoms with Crippen molar-refractivity contribution in [2.75, 3.05) is 0 Å². The van der Waals surface area contributed by atoms with Gasteiger partial charge in [0.25, 0.3) is 5.56 Å². The number of rotatable bonds is 3. The Labute approximate surface area is 150 Å². The molecule has 0 radical (unpaired) electrons. The molecule has 4 rings (SSSR count). The van der Waals surface area contributed by atoms with Crippen LogP contribution in [-0.4, -0.2) is 15.9 Å². The summed E-state index contributed by atoms with van der Waals surface area (Å²) >= 11 is 1.67. The molecule has 128 valence electrons. The van der Waals surface area contributed by atoms with Crippen molar-refractivity contribution in [3.05, 3.63) is 62.5 Å². The maximum absolute atomic E-state index is 12.8. The first-order valence-corrected chi connectivity index (χ1v) is 9.61. The molecule has 0 atom stereocenters. The second kappa shape index (κ2) is 6.56. The molecule has 0 N–H and O–H groups in total. The molecule has 0 unspecified atom stereocenters. The van der Waals surface area contributed by atoms with Crippen molar-refractivity contribution in [2.24, 2.45) is 5.10 Å². The Balaban J connectivity index is 1.69. The molecule has 5 heteroatoms. The first-order chi connectivity index (χ1) is 12.1. The van der Waals surface area contributed by atoms with E-state index in [1.807, 2.05) is 12.1 Å². The van der Waals surface area contributed by atoms with Crippen LogP contribution in [0.1, 0.15) is 54.2 Å². The van der Waals surface area contributed by atoms with Gasteiger partial charge in [-0.2, -0.15) is 9.78 Å². The fourth-order valence-electron chi connectivity index (χ4n) is 3.32. The van der Waals surface area contributed by atoms with Crippen LogP contribution in [0.5, 0.6) is 0 Å². The maximum Gasteiger partial charge on any atom is 0.282 e. The molecule has 3 aromatic rings. The lowest BCUT2D eigenvalue weighted by atomic mass is 9.97. The summed E-state index contributed by atoms with van der Waals surface area (Å²) in [5.41, 5.74) is 3.42. The fourth-order valence-corrected chi connectivity index (χ4v) is 4.53. The molecule has 1 aromatic carbocycles. The highest BCUT2D eigenvalue weighted by Crippen LogP contribution is 2.33. The van der Waals surface area contributed by atoms with Gasteiger partial charge in [-0.3, -0.25) is 4.79 Å². The molecule has 0 fully saturated rings. The van der Waals surface area contributed by atoms with Crippen LogP contribution in [0.15, 0.2) is 40.5 Å². The maximum atomic E-state index is 12.8. The molecule has 0 aliphatic heterocycles. The van der Waals surface area contributed by atoms with Crippen molar-refractivity contribution in [3.63, 3.8) is 0 Å². The lowest BCUT2D eigenvalue weighted by Crippen LogP contribution is -2.18. The summed E-state index contributed by atoms with van der Waals surface area (Å²) < 4.78 is 1.36. The predicted octanol–water partition coefficient (Wildman–Crippen LogP) is 4.34. The number of nitrogens with zero attached hydrogens (tertiary/aromatic N) is 3. The molecule has 2 heterocycles. The lowest BCUT2D eigenvalue weighted by Gasteiger charge is -2.09. The van der Waals surface area contributed by atoms with Crippen LogP contribution in [0.4, 0.5) is 0 Å². The second-order valence-corrected chi connectivity index (χ2v) is 7.93. The highest BCUT2D eigenvalue weighted by Gasteiger charge is 2.19. The van der Waals surface area contributed by atoms with Gasteiger partial charge < -0.3 is 0 Å². The van der Waals surface area contributed by atoms with Crippen LogP contribution in [0.2, 0.25) is 0 Å². The van der Waals surface area contributed by atoms with Crippen LogP contribution in [0.25, 0.3) is 10.2 Å². The average molecular weight is 351 g/mol. The van der Waals surface area contributed by atoms with E-state index in [2.05, 4.69) is 36.1 Å². The third-order valence-electron chi connectivity index (χ3n) is 4.79. The first kappa shape index (κ1) is 16.2. The Bertz CT molecular complexity index is 996. The van der Waals surface area contributed by atoms with Crippen LogP contribution in [0, 0.1) is 0 Å². The third-order valence-corrected chi connectivity index (χ3v) is 5.99. The highest BCUT2D eigenvalue weighted by atomic mass is 32.1. The largest absolute Gasteiger partial charge is 0.282 e. The number of aryl methyl sites for hydroxylation is 2. The number of thiophene rings is 1. The summed E-state index contributed by atoms with van der Waals surface area (Å²) in [5, 5.41) is 5.12. The Morgan fingerprint density at radius 2 is 1.96 bits per heavy atom. The monoisotopic (exact) mass is 351 g/mol. The van der Waals surface area contributed by atoms with Crippen molar-refractivity contribution in [2.45, 2.75) is 45.4 Å². The molecule has 0 bridgehead atoms. The van der Waals surface area contributed by atoms with Gasteiger partial charge in [0.1, 0.15) is 11.2 Å². The molecule has 0 spiro atoms. The van der Waals surface area contributed by atoms with Crippen LogP contribution in [0.3, 0.4) is 0 Å². The summed E-state index contributed by atoms with van der Waals surface area (Å²) in [6, 6.07) is 8.27. The number of hydrogen-bond donors (Lipinski definition) is 0. The average Bonchev–Trinajstić information content (AvgIpc) is 3.01. The molecule has 0 saturated heterocycles. The lowest BCUT2D eigenvalue weighted by molar-refractivity contribution is 0.699. The molecule has 0 amide bonds. The van der Waals surface area contributed by atoms with Gasteiger partial charge in [0.05, 0.1) is 11.6 Å². The van der Waals surface area contributed by atoms with Crippen molar-refractivity contribution in [1.29, 1.82) is 0 Å². The van der Waals surface area contributed by atoms with E-state index in [0.717, 1.165) is 35.0 Å². The number of aromatic nitrogens is 2. The zero-order valence-electron chi connectivity index (χ0n) is 14.5. The normalized spacial score (nSPS) is 14.5. The van der Waals surface area contributed by atoms with Gasteiger partial charge in [0, 0.05) is 4.88 Å². The molecule has 2 aromatic heterocycles. The van der Waals surface area contributed by atoms with E-state index in [-0.39, 0.29) is 5.56 Å². The smallest absolute Gasteiger partial charge is 0.267 e. The fraction of sp³-hybridized carbons (Fsp3) is 0.350. The van der Waals surface area contributed by atoms with Crippen LogP contribution >= 0.6 is 11.3 Å². The van der Waals surface area contributed by atoms with Gasteiger partial charge in [-0.15, -0.1) is 11.3 Å². The van der Waals surface area contributed by atoms with Crippen molar-refractivity contribution < 1.29 is 0 Å². The van der Waals surface area contributed by atoms with Gasteiger partial charge in [-0.25, -0.2) is 4.98 Å². The quantitative estimate of drug-likeness (QED) is 0.659. The molecular formula is C20H21N3OS. The summed E-state index contributed by atoms with van der Waals surface area (Å²) in [6.07, 6.45) is 7.67. The minimum Gasteiger partial charge on any atom is -0.267 e. The predicted molar refractivity (Wildman–Crippen MR) is 104 cm³/mol. The third kappa shape index (κ3) is 3.04. The molecular weight excluding hydrogens is 330 g/mol. The van der Waals surface area contributed by atoms with Crippen molar-refractivity contribution >= 4 is 27.8 Å². The van der Waals surface area contributed by atoms with Crippen LogP contribution < -0.4 is 5.56 Å². The Kier molecular flexibility index (Phi) is 4.25. The Morgan fingerprint density at radius 1 is 1.20 bits per heavy atom. The van der Waals surface area contributed by atoms with E-state index in [1.165, 1.54) is 33.4 Å². The summed E-state index contributed by atoms with van der Waals surface area (Å²) in [6.45, 7) is 4.34. The Morgan fingerprint density at radius 3 is 2.72 bits per heavy atom. The van der Waals surface area contributed by atoms with Gasteiger partial charge in [-0.05, 0) is 48.3 Å².